The molecule has 5 heteroatoms. The van der Waals surface area contributed by atoms with Gasteiger partial charge in [0, 0.05) is 18.5 Å². The Morgan fingerprint density at radius 1 is 1.57 bits per heavy atom. The Bertz CT molecular complexity index is 245. The van der Waals surface area contributed by atoms with Gasteiger partial charge in [-0.1, -0.05) is 0 Å². The van der Waals surface area contributed by atoms with Crippen LogP contribution in [0.15, 0.2) is 0 Å². The van der Waals surface area contributed by atoms with Crippen LogP contribution in [0.3, 0.4) is 0 Å². The zero-order valence-electron chi connectivity index (χ0n) is 8.72. The van der Waals surface area contributed by atoms with Crippen LogP contribution in [0.25, 0.3) is 0 Å². The monoisotopic (exact) mass is 200 g/mol. The van der Waals surface area contributed by atoms with Crippen molar-refractivity contribution < 1.29 is 14.3 Å². The van der Waals surface area contributed by atoms with E-state index in [9.17, 15) is 9.59 Å². The number of hydrogen-bond acceptors (Lipinski definition) is 3. The summed E-state index contributed by atoms with van der Waals surface area (Å²) in [5.41, 5.74) is -0.341. The highest BCUT2D eigenvalue weighted by molar-refractivity contribution is 5.85. The second-order valence-electron chi connectivity index (χ2n) is 4.35. The van der Waals surface area contributed by atoms with Crippen molar-refractivity contribution >= 4 is 12.0 Å². The van der Waals surface area contributed by atoms with Crippen molar-refractivity contribution in [3.05, 3.63) is 0 Å². The summed E-state index contributed by atoms with van der Waals surface area (Å²) < 4.78 is 4.94. The molecule has 14 heavy (non-hydrogen) atoms. The second-order valence-corrected chi connectivity index (χ2v) is 4.35. The summed E-state index contributed by atoms with van der Waals surface area (Å²) in [5, 5.41) is 5.22. The highest BCUT2D eigenvalue weighted by Crippen LogP contribution is 2.06. The maximum Gasteiger partial charge on any atom is 0.408 e. The summed E-state index contributed by atoms with van der Waals surface area (Å²) >= 11 is 0. The molecule has 1 rings (SSSR count). The zero-order valence-corrected chi connectivity index (χ0v) is 8.72. The predicted molar refractivity (Wildman–Crippen MR) is 50.8 cm³/mol. The number of ether oxygens (including phenoxy) is 1. The van der Waals surface area contributed by atoms with Crippen LogP contribution in [0.5, 0.6) is 0 Å². The molecule has 1 atom stereocenters. The van der Waals surface area contributed by atoms with Gasteiger partial charge in [-0.25, -0.2) is 4.79 Å². The molecule has 1 fully saturated rings. The van der Waals surface area contributed by atoms with Crippen molar-refractivity contribution in [3.63, 3.8) is 0 Å². The van der Waals surface area contributed by atoms with Gasteiger partial charge in [-0.05, 0) is 20.8 Å². The molecule has 0 aliphatic carbocycles. The molecule has 1 aliphatic rings. The summed E-state index contributed by atoms with van der Waals surface area (Å²) in [6, 6.07) is 0. The predicted octanol–water partition coefficient (Wildman–Crippen LogP) is 0.400. The van der Waals surface area contributed by atoms with Gasteiger partial charge in [-0.15, -0.1) is 0 Å². The minimum Gasteiger partial charge on any atom is -0.436 e. The lowest BCUT2D eigenvalue weighted by Crippen LogP contribution is -2.43. The van der Waals surface area contributed by atoms with E-state index in [-0.39, 0.29) is 11.4 Å². The molecule has 2 N–H and O–H groups in total. The molecule has 0 unspecified atom stereocenters. The highest BCUT2D eigenvalue weighted by Gasteiger charge is 2.28. The fourth-order valence-electron chi connectivity index (χ4n) is 1.15. The Balaban J connectivity index is 2.37. The fraction of sp³-hybridized carbons (Fsp3) is 0.778. The summed E-state index contributed by atoms with van der Waals surface area (Å²) in [5.74, 6) is -0.214. The van der Waals surface area contributed by atoms with Crippen LogP contribution in [-0.2, 0) is 9.53 Å². The van der Waals surface area contributed by atoms with Gasteiger partial charge in [-0.3, -0.25) is 4.79 Å². The van der Waals surface area contributed by atoms with E-state index in [4.69, 9.17) is 4.74 Å². The van der Waals surface area contributed by atoms with E-state index in [1.54, 1.807) is 0 Å². The molecule has 0 aromatic carbocycles. The third kappa shape index (κ3) is 3.24. The summed E-state index contributed by atoms with van der Waals surface area (Å²) in [6.45, 7) is 6.13. The standard InChI is InChI=1S/C9H16N2O3/c1-9(2,3)11-8(13)14-6-4-5-10-7(6)12/h6H,4-5H2,1-3H3,(H,10,12)(H,11,13)/t6-/m1/s1. The van der Waals surface area contributed by atoms with Crippen molar-refractivity contribution in [3.8, 4) is 0 Å². The van der Waals surface area contributed by atoms with Gasteiger partial charge in [0.05, 0.1) is 0 Å². The third-order valence-corrected chi connectivity index (χ3v) is 1.72. The van der Waals surface area contributed by atoms with E-state index < -0.39 is 12.2 Å². The van der Waals surface area contributed by atoms with Crippen molar-refractivity contribution in [1.82, 2.24) is 10.6 Å². The Morgan fingerprint density at radius 2 is 2.21 bits per heavy atom. The largest absolute Gasteiger partial charge is 0.436 e. The van der Waals surface area contributed by atoms with Crippen LogP contribution in [0.4, 0.5) is 4.79 Å². The number of rotatable bonds is 1. The van der Waals surface area contributed by atoms with E-state index in [2.05, 4.69) is 10.6 Å². The molecule has 0 spiro atoms. The first-order valence-electron chi connectivity index (χ1n) is 4.65. The quantitative estimate of drug-likeness (QED) is 0.643. The average molecular weight is 200 g/mol. The number of alkyl carbamates (subject to hydrolysis) is 1. The molecule has 0 aromatic rings. The molecule has 0 aromatic heterocycles. The van der Waals surface area contributed by atoms with Crippen LogP contribution < -0.4 is 10.6 Å². The lowest BCUT2D eigenvalue weighted by Gasteiger charge is -2.21. The Hall–Kier alpha value is -1.26. The van der Waals surface area contributed by atoms with Gasteiger partial charge in [0.1, 0.15) is 0 Å². The van der Waals surface area contributed by atoms with E-state index in [1.165, 1.54) is 0 Å². The number of carbonyl (C=O) groups is 2. The Morgan fingerprint density at radius 3 is 2.64 bits per heavy atom. The topological polar surface area (TPSA) is 67.4 Å². The van der Waals surface area contributed by atoms with Crippen LogP contribution in [0, 0.1) is 0 Å². The first kappa shape index (κ1) is 10.8. The van der Waals surface area contributed by atoms with Crippen LogP contribution >= 0.6 is 0 Å². The van der Waals surface area contributed by atoms with E-state index >= 15 is 0 Å². The van der Waals surface area contributed by atoms with Crippen molar-refractivity contribution in [1.29, 1.82) is 0 Å². The maximum atomic E-state index is 11.2. The minimum absolute atomic E-state index is 0.214. The first-order chi connectivity index (χ1) is 6.38. The molecule has 1 saturated heterocycles. The molecule has 5 nitrogen and oxygen atoms in total. The van der Waals surface area contributed by atoms with Crippen molar-refractivity contribution in [2.75, 3.05) is 6.54 Å². The van der Waals surface area contributed by atoms with E-state index in [1.807, 2.05) is 20.8 Å². The molecular weight excluding hydrogens is 184 g/mol. The van der Waals surface area contributed by atoms with Gasteiger partial charge < -0.3 is 15.4 Å². The molecule has 0 radical (unpaired) electrons. The lowest BCUT2D eigenvalue weighted by atomic mass is 10.1. The summed E-state index contributed by atoms with van der Waals surface area (Å²) in [6.07, 6.45) is -0.618. The molecule has 1 heterocycles. The Labute approximate surface area is 83.2 Å². The SMILES string of the molecule is CC(C)(C)NC(=O)O[C@@H]1CCNC1=O. The normalized spacial score (nSPS) is 21.6. The van der Waals surface area contributed by atoms with Crippen molar-refractivity contribution in [2.24, 2.45) is 0 Å². The number of amides is 2. The molecule has 1 aliphatic heterocycles. The van der Waals surface area contributed by atoms with Crippen molar-refractivity contribution in [2.45, 2.75) is 38.8 Å². The molecule has 2 amide bonds. The van der Waals surface area contributed by atoms with E-state index in [0.29, 0.717) is 13.0 Å². The fourth-order valence-corrected chi connectivity index (χ4v) is 1.15. The van der Waals surface area contributed by atoms with Crippen LogP contribution in [-0.4, -0.2) is 30.2 Å². The minimum atomic E-state index is -0.627. The van der Waals surface area contributed by atoms with Crippen LogP contribution in [0.2, 0.25) is 0 Å². The number of carbonyl (C=O) groups excluding carboxylic acids is 2. The second kappa shape index (κ2) is 3.86. The van der Waals surface area contributed by atoms with Gasteiger partial charge in [0.25, 0.3) is 5.91 Å². The smallest absolute Gasteiger partial charge is 0.408 e. The molecule has 0 bridgehead atoms. The molecule has 0 saturated carbocycles. The average Bonchev–Trinajstić information content (AvgIpc) is 2.32. The Kier molecular flexibility index (Phi) is 2.98. The highest BCUT2D eigenvalue weighted by atomic mass is 16.6. The zero-order chi connectivity index (χ0) is 10.8. The van der Waals surface area contributed by atoms with Gasteiger partial charge in [-0.2, -0.15) is 0 Å². The molecule has 80 valence electrons. The van der Waals surface area contributed by atoms with Crippen LogP contribution in [0.1, 0.15) is 27.2 Å². The first-order valence-corrected chi connectivity index (χ1v) is 4.65. The van der Waals surface area contributed by atoms with Gasteiger partial charge in [0.15, 0.2) is 6.10 Å². The lowest BCUT2D eigenvalue weighted by molar-refractivity contribution is -0.126. The number of nitrogens with one attached hydrogen (secondary N) is 2. The summed E-state index contributed by atoms with van der Waals surface area (Å²) in [4.78, 5) is 22.3. The van der Waals surface area contributed by atoms with Gasteiger partial charge in [0.2, 0.25) is 0 Å². The van der Waals surface area contributed by atoms with Gasteiger partial charge >= 0.3 is 6.09 Å². The number of hydrogen-bond donors (Lipinski definition) is 2. The maximum absolute atomic E-state index is 11.2. The van der Waals surface area contributed by atoms with E-state index in [0.717, 1.165) is 0 Å². The molecular formula is C9H16N2O3. The third-order valence-electron chi connectivity index (χ3n) is 1.72. The summed E-state index contributed by atoms with van der Waals surface area (Å²) in [7, 11) is 0.